The molecule has 2 rings (SSSR count). The van der Waals surface area contributed by atoms with Gasteiger partial charge in [-0.3, -0.25) is 9.48 Å². The van der Waals surface area contributed by atoms with E-state index >= 15 is 0 Å². The lowest BCUT2D eigenvalue weighted by Gasteiger charge is -2.10. The Labute approximate surface area is 86.5 Å². The van der Waals surface area contributed by atoms with Gasteiger partial charge in [0.1, 0.15) is 5.15 Å². The van der Waals surface area contributed by atoms with E-state index in [1.807, 2.05) is 0 Å². The van der Waals surface area contributed by atoms with Gasteiger partial charge in [0.2, 0.25) is 0 Å². The lowest BCUT2D eigenvalue weighted by molar-refractivity contribution is -0.141. The average molecular weight is 215 g/mol. The van der Waals surface area contributed by atoms with Crippen LogP contribution in [0.3, 0.4) is 0 Å². The van der Waals surface area contributed by atoms with Crippen molar-refractivity contribution < 1.29 is 9.90 Å². The lowest BCUT2D eigenvalue weighted by atomic mass is 10.1. The highest BCUT2D eigenvalue weighted by Crippen LogP contribution is 2.35. The zero-order valence-electron chi connectivity index (χ0n) is 7.56. The molecule has 14 heavy (non-hydrogen) atoms. The van der Waals surface area contributed by atoms with Crippen LogP contribution in [0.5, 0.6) is 0 Å². The smallest absolute Gasteiger partial charge is 0.306 e. The second-order valence-corrected chi connectivity index (χ2v) is 3.99. The SMILES string of the molecule is O=C(O)C1CCC(n2nccc2Cl)C1. The minimum absolute atomic E-state index is 0.151. The van der Waals surface area contributed by atoms with Crippen molar-refractivity contribution in [1.82, 2.24) is 9.78 Å². The summed E-state index contributed by atoms with van der Waals surface area (Å²) >= 11 is 5.90. The van der Waals surface area contributed by atoms with Gasteiger partial charge in [0, 0.05) is 0 Å². The number of nitrogens with zero attached hydrogens (tertiary/aromatic N) is 2. The zero-order chi connectivity index (χ0) is 10.1. The molecule has 5 heteroatoms. The maximum absolute atomic E-state index is 10.7. The summed E-state index contributed by atoms with van der Waals surface area (Å²) < 4.78 is 1.71. The third-order valence-corrected chi connectivity index (χ3v) is 3.02. The standard InChI is InChI=1S/C9H11ClN2O2/c10-8-3-4-11-12(8)7-2-1-6(5-7)9(13)14/h3-4,6-7H,1-2,5H2,(H,13,14). The third-order valence-electron chi connectivity index (χ3n) is 2.72. The minimum atomic E-state index is -0.712. The van der Waals surface area contributed by atoms with Crippen molar-refractivity contribution in [1.29, 1.82) is 0 Å². The van der Waals surface area contributed by atoms with E-state index in [1.54, 1.807) is 16.9 Å². The maximum Gasteiger partial charge on any atom is 0.306 e. The fourth-order valence-corrected chi connectivity index (χ4v) is 2.21. The highest BCUT2D eigenvalue weighted by Gasteiger charge is 2.31. The number of hydrogen-bond donors (Lipinski definition) is 1. The number of aliphatic carboxylic acids is 1. The Bertz CT molecular complexity index is 350. The van der Waals surface area contributed by atoms with Crippen LogP contribution in [0.15, 0.2) is 12.3 Å². The summed E-state index contributed by atoms with van der Waals surface area (Å²) in [6, 6.07) is 1.87. The summed E-state index contributed by atoms with van der Waals surface area (Å²) in [5.74, 6) is -0.948. The van der Waals surface area contributed by atoms with Gasteiger partial charge in [0.15, 0.2) is 0 Å². The van der Waals surface area contributed by atoms with Gasteiger partial charge >= 0.3 is 5.97 Å². The molecule has 1 fully saturated rings. The van der Waals surface area contributed by atoms with Crippen molar-refractivity contribution in [2.24, 2.45) is 5.92 Å². The summed E-state index contributed by atoms with van der Waals surface area (Å²) in [6.07, 6.45) is 3.84. The van der Waals surface area contributed by atoms with Gasteiger partial charge in [-0.1, -0.05) is 11.6 Å². The molecule has 0 bridgehead atoms. The van der Waals surface area contributed by atoms with E-state index in [2.05, 4.69) is 5.10 Å². The van der Waals surface area contributed by atoms with E-state index in [0.29, 0.717) is 11.6 Å². The molecule has 0 aromatic carbocycles. The number of carboxylic acids is 1. The quantitative estimate of drug-likeness (QED) is 0.819. The number of aromatic nitrogens is 2. The Morgan fingerprint density at radius 3 is 2.93 bits per heavy atom. The number of rotatable bonds is 2. The van der Waals surface area contributed by atoms with Crippen LogP contribution in [0, 0.1) is 5.92 Å². The second-order valence-electron chi connectivity index (χ2n) is 3.60. The second kappa shape index (κ2) is 3.61. The Balaban J connectivity index is 2.10. The molecule has 1 aromatic rings. The summed E-state index contributed by atoms with van der Waals surface area (Å²) in [4.78, 5) is 10.7. The van der Waals surface area contributed by atoms with Crippen LogP contribution in [-0.2, 0) is 4.79 Å². The molecule has 2 atom stereocenters. The molecule has 0 spiro atoms. The van der Waals surface area contributed by atoms with E-state index in [0.717, 1.165) is 12.8 Å². The highest BCUT2D eigenvalue weighted by molar-refractivity contribution is 6.29. The number of hydrogen-bond acceptors (Lipinski definition) is 2. The third kappa shape index (κ3) is 1.62. The van der Waals surface area contributed by atoms with Crippen molar-refractivity contribution >= 4 is 17.6 Å². The fourth-order valence-electron chi connectivity index (χ4n) is 1.97. The van der Waals surface area contributed by atoms with Crippen LogP contribution in [0.25, 0.3) is 0 Å². The Morgan fingerprint density at radius 1 is 1.64 bits per heavy atom. The molecular formula is C9H11ClN2O2. The van der Waals surface area contributed by atoms with Crippen molar-refractivity contribution in [3.63, 3.8) is 0 Å². The summed E-state index contributed by atoms with van der Waals surface area (Å²) in [6.45, 7) is 0. The predicted octanol–water partition coefficient (Wildman–Crippen LogP) is 1.96. The first-order chi connectivity index (χ1) is 6.68. The molecule has 0 amide bonds. The molecule has 0 saturated heterocycles. The first kappa shape index (κ1) is 9.52. The molecule has 1 aliphatic carbocycles. The Kier molecular flexibility index (Phi) is 2.46. The van der Waals surface area contributed by atoms with Crippen molar-refractivity contribution in [2.45, 2.75) is 25.3 Å². The number of halogens is 1. The fraction of sp³-hybridized carbons (Fsp3) is 0.556. The molecule has 1 aliphatic rings. The van der Waals surface area contributed by atoms with Crippen LogP contribution in [-0.4, -0.2) is 20.9 Å². The van der Waals surface area contributed by atoms with E-state index in [1.165, 1.54) is 0 Å². The number of carboxylic acid groups (broad SMARTS) is 1. The lowest BCUT2D eigenvalue weighted by Crippen LogP contribution is -2.12. The summed E-state index contributed by atoms with van der Waals surface area (Å²) in [7, 11) is 0. The van der Waals surface area contributed by atoms with Gasteiger partial charge in [-0.25, -0.2) is 0 Å². The van der Waals surface area contributed by atoms with E-state index in [-0.39, 0.29) is 12.0 Å². The normalized spacial score (nSPS) is 26.6. The van der Waals surface area contributed by atoms with Gasteiger partial charge in [0.25, 0.3) is 0 Å². The summed E-state index contributed by atoms with van der Waals surface area (Å²) in [5.41, 5.74) is 0. The topological polar surface area (TPSA) is 55.1 Å². The molecule has 1 aromatic heterocycles. The van der Waals surface area contributed by atoms with Gasteiger partial charge in [0.05, 0.1) is 18.2 Å². The molecule has 2 unspecified atom stereocenters. The average Bonchev–Trinajstić information content (AvgIpc) is 2.71. The largest absolute Gasteiger partial charge is 0.481 e. The van der Waals surface area contributed by atoms with Crippen molar-refractivity contribution in [2.75, 3.05) is 0 Å². The van der Waals surface area contributed by atoms with Gasteiger partial charge < -0.3 is 5.11 Å². The van der Waals surface area contributed by atoms with E-state index < -0.39 is 5.97 Å². The minimum Gasteiger partial charge on any atom is -0.481 e. The molecule has 1 N–H and O–H groups in total. The van der Waals surface area contributed by atoms with Crippen molar-refractivity contribution in [3.8, 4) is 0 Å². The van der Waals surface area contributed by atoms with E-state index in [4.69, 9.17) is 16.7 Å². The number of carbonyl (C=O) groups is 1. The molecule has 1 heterocycles. The first-order valence-electron chi connectivity index (χ1n) is 4.60. The molecule has 1 saturated carbocycles. The van der Waals surface area contributed by atoms with Crippen LogP contribution in [0.1, 0.15) is 25.3 Å². The maximum atomic E-state index is 10.7. The van der Waals surface area contributed by atoms with Crippen LogP contribution in [0.2, 0.25) is 5.15 Å². The first-order valence-corrected chi connectivity index (χ1v) is 4.98. The van der Waals surface area contributed by atoms with Crippen LogP contribution in [0.4, 0.5) is 0 Å². The van der Waals surface area contributed by atoms with Gasteiger partial charge in [-0.15, -0.1) is 0 Å². The van der Waals surface area contributed by atoms with Crippen LogP contribution >= 0.6 is 11.6 Å². The van der Waals surface area contributed by atoms with Crippen LogP contribution < -0.4 is 0 Å². The monoisotopic (exact) mass is 214 g/mol. The zero-order valence-corrected chi connectivity index (χ0v) is 8.31. The molecule has 0 radical (unpaired) electrons. The van der Waals surface area contributed by atoms with E-state index in [9.17, 15) is 4.79 Å². The molecule has 4 nitrogen and oxygen atoms in total. The summed E-state index contributed by atoms with van der Waals surface area (Å²) in [5, 5.41) is 13.5. The van der Waals surface area contributed by atoms with Crippen molar-refractivity contribution in [3.05, 3.63) is 17.4 Å². The molecular weight excluding hydrogens is 204 g/mol. The Hall–Kier alpha value is -1.03. The molecule has 76 valence electrons. The van der Waals surface area contributed by atoms with Gasteiger partial charge in [-0.05, 0) is 25.3 Å². The predicted molar refractivity (Wildman–Crippen MR) is 51.3 cm³/mol. The highest BCUT2D eigenvalue weighted by atomic mass is 35.5. The Morgan fingerprint density at radius 2 is 2.43 bits per heavy atom. The van der Waals surface area contributed by atoms with Gasteiger partial charge in [-0.2, -0.15) is 5.10 Å². The molecule has 0 aliphatic heterocycles.